The zero-order valence-corrected chi connectivity index (χ0v) is 6.67. The Hall–Kier alpha value is 0.110. The summed E-state index contributed by atoms with van der Waals surface area (Å²) in [4.78, 5) is 8.31. The molecule has 1 rings (SSSR count). The van der Waals surface area contributed by atoms with Gasteiger partial charge in [-0.05, 0) is 19.4 Å². The average molecular weight is 165 g/mol. The Morgan fingerprint density at radius 3 is 3.10 bits per heavy atom. The van der Waals surface area contributed by atoms with Crippen LogP contribution in [0.25, 0.3) is 0 Å². The first-order valence-corrected chi connectivity index (χ1v) is 4.64. The van der Waals surface area contributed by atoms with Crippen molar-refractivity contribution >= 4 is 8.25 Å². The zero-order valence-electron chi connectivity index (χ0n) is 5.67. The van der Waals surface area contributed by atoms with Gasteiger partial charge in [-0.2, -0.15) is 0 Å². The van der Waals surface area contributed by atoms with E-state index in [0.717, 1.165) is 19.4 Å². The molecule has 1 fully saturated rings. The van der Waals surface area contributed by atoms with Gasteiger partial charge in [-0.15, -0.1) is 0 Å². The fraction of sp³-hybridized carbons (Fsp3) is 1.00. The molecule has 1 heterocycles. The molecule has 1 unspecified atom stereocenters. The maximum absolute atomic E-state index is 10.1. The van der Waals surface area contributed by atoms with E-state index in [4.69, 9.17) is 4.89 Å². The Morgan fingerprint density at radius 2 is 2.60 bits per heavy atom. The summed E-state index contributed by atoms with van der Waals surface area (Å²) >= 11 is 0. The van der Waals surface area contributed by atoms with E-state index >= 15 is 0 Å². The van der Waals surface area contributed by atoms with Crippen molar-refractivity contribution in [1.29, 1.82) is 0 Å². The molecule has 4 nitrogen and oxygen atoms in total. The molecular weight excluding hydrogens is 153 g/mol. The largest absolute Gasteiger partial charge is 0.326 e. The third kappa shape index (κ3) is 2.80. The van der Waals surface area contributed by atoms with Crippen molar-refractivity contribution in [2.75, 3.05) is 13.2 Å². The van der Waals surface area contributed by atoms with Crippen molar-refractivity contribution in [2.45, 2.75) is 18.9 Å². The van der Waals surface area contributed by atoms with Crippen LogP contribution in [0.3, 0.4) is 0 Å². The van der Waals surface area contributed by atoms with Crippen LogP contribution in [-0.2, 0) is 9.09 Å². The highest BCUT2D eigenvalue weighted by atomic mass is 31.1. The van der Waals surface area contributed by atoms with Crippen molar-refractivity contribution in [3.63, 3.8) is 0 Å². The second-order valence-corrected chi connectivity index (χ2v) is 3.19. The van der Waals surface area contributed by atoms with E-state index in [9.17, 15) is 4.57 Å². The molecule has 2 atom stereocenters. The summed E-state index contributed by atoms with van der Waals surface area (Å²) in [5.74, 6) is 0. The summed E-state index contributed by atoms with van der Waals surface area (Å²) in [6, 6.07) is 0.293. The van der Waals surface area contributed by atoms with Crippen LogP contribution in [0.1, 0.15) is 12.8 Å². The molecule has 10 heavy (non-hydrogen) atoms. The molecule has 1 aliphatic rings. The first-order chi connectivity index (χ1) is 4.79. The van der Waals surface area contributed by atoms with Crippen molar-refractivity contribution in [2.24, 2.45) is 0 Å². The maximum Gasteiger partial charge on any atom is 0.316 e. The first-order valence-electron chi connectivity index (χ1n) is 3.38. The minimum Gasteiger partial charge on any atom is -0.326 e. The van der Waals surface area contributed by atoms with E-state index in [0.29, 0.717) is 12.6 Å². The van der Waals surface area contributed by atoms with E-state index in [1.54, 1.807) is 0 Å². The van der Waals surface area contributed by atoms with Crippen molar-refractivity contribution < 1.29 is 14.0 Å². The molecular formula is C5H12NO3P. The molecule has 0 bridgehead atoms. The van der Waals surface area contributed by atoms with Gasteiger partial charge in [-0.25, -0.2) is 0 Å². The number of nitrogens with one attached hydrogen (secondary N) is 1. The van der Waals surface area contributed by atoms with E-state index < -0.39 is 8.25 Å². The lowest BCUT2D eigenvalue weighted by atomic mass is 10.2. The van der Waals surface area contributed by atoms with Gasteiger partial charge < -0.3 is 14.7 Å². The lowest BCUT2D eigenvalue weighted by Crippen LogP contribution is -2.25. The van der Waals surface area contributed by atoms with Crippen LogP contribution in [0.5, 0.6) is 0 Å². The normalized spacial score (nSPS) is 28.7. The fourth-order valence-corrected chi connectivity index (χ4v) is 1.41. The Balaban J connectivity index is 2.07. The average Bonchev–Trinajstić information content (AvgIpc) is 2.34. The zero-order chi connectivity index (χ0) is 7.40. The molecule has 0 aromatic rings. The topological polar surface area (TPSA) is 58.6 Å². The van der Waals surface area contributed by atoms with Gasteiger partial charge in [-0.1, -0.05) is 0 Å². The molecule has 0 amide bonds. The van der Waals surface area contributed by atoms with Crippen LogP contribution < -0.4 is 5.32 Å². The van der Waals surface area contributed by atoms with E-state index in [1.165, 1.54) is 0 Å². The summed E-state index contributed by atoms with van der Waals surface area (Å²) in [6.45, 7) is 1.37. The summed E-state index contributed by atoms with van der Waals surface area (Å²) < 4.78 is 14.7. The predicted octanol–water partition coefficient (Wildman–Crippen LogP) is 0.137. The third-order valence-electron chi connectivity index (χ3n) is 1.57. The summed E-state index contributed by atoms with van der Waals surface area (Å²) in [5, 5.41) is 3.15. The number of hydrogen-bond donors (Lipinski definition) is 2. The Labute approximate surface area is 60.5 Å². The Morgan fingerprint density at radius 1 is 1.80 bits per heavy atom. The van der Waals surface area contributed by atoms with E-state index in [-0.39, 0.29) is 0 Å². The molecule has 5 heteroatoms. The smallest absolute Gasteiger partial charge is 0.316 e. The quantitative estimate of drug-likeness (QED) is 0.584. The van der Waals surface area contributed by atoms with Crippen molar-refractivity contribution in [3.05, 3.63) is 0 Å². The molecule has 0 saturated carbocycles. The second kappa shape index (κ2) is 4.09. The van der Waals surface area contributed by atoms with Crippen molar-refractivity contribution in [1.82, 2.24) is 5.32 Å². The van der Waals surface area contributed by atoms with Crippen LogP contribution in [-0.4, -0.2) is 24.1 Å². The Kier molecular flexibility index (Phi) is 3.35. The highest BCUT2D eigenvalue weighted by molar-refractivity contribution is 7.32. The van der Waals surface area contributed by atoms with Gasteiger partial charge in [0.1, 0.15) is 0 Å². The van der Waals surface area contributed by atoms with Crippen LogP contribution in [0, 0.1) is 0 Å². The molecule has 1 saturated heterocycles. The van der Waals surface area contributed by atoms with Crippen molar-refractivity contribution in [3.8, 4) is 0 Å². The SMILES string of the molecule is O=[PH](O)OC[C@@H]1CCCN1. The molecule has 60 valence electrons. The molecule has 2 N–H and O–H groups in total. The van der Waals surface area contributed by atoms with E-state index in [1.807, 2.05) is 0 Å². The van der Waals surface area contributed by atoms with Gasteiger partial charge in [-0.3, -0.25) is 4.57 Å². The van der Waals surface area contributed by atoms with E-state index in [2.05, 4.69) is 9.84 Å². The maximum atomic E-state index is 10.1. The Bertz CT molecular complexity index is 124. The standard InChI is InChI=1S/C5H12NO3P/c7-10(8)9-4-5-2-1-3-6-5/h5-6,10H,1-4H2,(H,7,8)/t5-/m0/s1. The van der Waals surface area contributed by atoms with Gasteiger partial charge in [0.05, 0.1) is 6.61 Å². The minimum atomic E-state index is -2.71. The van der Waals surface area contributed by atoms with Crippen LogP contribution in [0.4, 0.5) is 0 Å². The molecule has 0 aromatic heterocycles. The van der Waals surface area contributed by atoms with Crippen LogP contribution >= 0.6 is 8.25 Å². The summed E-state index contributed by atoms with van der Waals surface area (Å²) in [7, 11) is -2.71. The number of rotatable bonds is 3. The molecule has 0 aromatic carbocycles. The van der Waals surface area contributed by atoms with Gasteiger partial charge in [0.25, 0.3) is 0 Å². The van der Waals surface area contributed by atoms with Crippen LogP contribution in [0.2, 0.25) is 0 Å². The predicted molar refractivity (Wildman–Crippen MR) is 38.2 cm³/mol. The third-order valence-corrected chi connectivity index (χ3v) is 1.98. The molecule has 0 spiro atoms. The first kappa shape index (κ1) is 8.21. The van der Waals surface area contributed by atoms with Gasteiger partial charge in [0.2, 0.25) is 0 Å². The number of hydrogen-bond acceptors (Lipinski definition) is 3. The molecule has 0 radical (unpaired) electrons. The highest BCUT2D eigenvalue weighted by Crippen LogP contribution is 2.16. The van der Waals surface area contributed by atoms with Crippen LogP contribution in [0.15, 0.2) is 0 Å². The second-order valence-electron chi connectivity index (χ2n) is 2.37. The molecule has 1 aliphatic heterocycles. The van der Waals surface area contributed by atoms with Gasteiger partial charge >= 0.3 is 8.25 Å². The lowest BCUT2D eigenvalue weighted by Gasteiger charge is -2.07. The fourth-order valence-electron chi connectivity index (χ4n) is 1.07. The summed E-state index contributed by atoms with van der Waals surface area (Å²) in [6.07, 6.45) is 2.19. The monoisotopic (exact) mass is 165 g/mol. The molecule has 0 aliphatic carbocycles. The van der Waals surface area contributed by atoms with Gasteiger partial charge in [0, 0.05) is 6.04 Å². The van der Waals surface area contributed by atoms with Gasteiger partial charge in [0.15, 0.2) is 0 Å². The highest BCUT2D eigenvalue weighted by Gasteiger charge is 2.14. The lowest BCUT2D eigenvalue weighted by molar-refractivity contribution is 0.253. The minimum absolute atomic E-state index is 0.293. The summed E-state index contributed by atoms with van der Waals surface area (Å²) in [5.41, 5.74) is 0.